The van der Waals surface area contributed by atoms with E-state index in [1.54, 1.807) is 18.2 Å². The molecule has 0 aromatic heterocycles. The van der Waals surface area contributed by atoms with Crippen LogP contribution in [-0.2, 0) is 9.59 Å². The number of rotatable bonds is 3. The quantitative estimate of drug-likeness (QED) is 0.583. The van der Waals surface area contributed by atoms with Crippen LogP contribution < -0.4 is 10.2 Å². The standard InChI is InChI=1S/C17H12Cl2N2O2S2/c18-11-7-4-8-12(15(11)19)21-14(22)9-13(16(21)23)25-17(24)20-10-5-2-1-3-6-10/h1-8,13H,9H2,(H,20,24). The Bertz CT molecular complexity index is 846. The maximum absolute atomic E-state index is 12.7. The smallest absolute Gasteiger partial charge is 0.247 e. The molecule has 2 aromatic carbocycles. The zero-order chi connectivity index (χ0) is 18.0. The Balaban J connectivity index is 1.73. The van der Waals surface area contributed by atoms with Gasteiger partial charge in [-0.15, -0.1) is 0 Å². The lowest BCUT2D eigenvalue weighted by molar-refractivity contribution is -0.121. The summed E-state index contributed by atoms with van der Waals surface area (Å²) >= 11 is 18.6. The third-order valence-electron chi connectivity index (χ3n) is 3.55. The zero-order valence-corrected chi connectivity index (χ0v) is 15.9. The fourth-order valence-corrected chi connectivity index (χ4v) is 4.13. The summed E-state index contributed by atoms with van der Waals surface area (Å²) in [6, 6.07) is 14.2. The Morgan fingerprint density at radius 2 is 1.84 bits per heavy atom. The second kappa shape index (κ2) is 7.74. The van der Waals surface area contributed by atoms with E-state index in [4.69, 9.17) is 35.4 Å². The van der Waals surface area contributed by atoms with Gasteiger partial charge in [-0.2, -0.15) is 0 Å². The molecule has 2 amide bonds. The number of para-hydroxylation sites is 1. The molecule has 8 heteroatoms. The van der Waals surface area contributed by atoms with E-state index in [2.05, 4.69) is 5.32 Å². The van der Waals surface area contributed by atoms with Crippen LogP contribution in [0.25, 0.3) is 0 Å². The number of carbonyl (C=O) groups is 2. The fourth-order valence-electron chi connectivity index (χ4n) is 2.41. The van der Waals surface area contributed by atoms with E-state index < -0.39 is 5.25 Å². The molecular formula is C17H12Cl2N2O2S2. The number of benzene rings is 2. The van der Waals surface area contributed by atoms with Gasteiger partial charge in [-0.25, -0.2) is 4.90 Å². The molecule has 1 aliphatic rings. The number of carbonyl (C=O) groups excluding carboxylic acids is 2. The fraction of sp³-hybridized carbons (Fsp3) is 0.118. The number of hydrogen-bond donors (Lipinski definition) is 1. The summed E-state index contributed by atoms with van der Waals surface area (Å²) in [5.41, 5.74) is 1.13. The minimum absolute atomic E-state index is 0.0585. The number of thiocarbonyl (C=S) groups is 1. The van der Waals surface area contributed by atoms with Crippen molar-refractivity contribution in [2.75, 3.05) is 10.2 Å². The predicted molar refractivity (Wildman–Crippen MR) is 108 cm³/mol. The molecule has 25 heavy (non-hydrogen) atoms. The van der Waals surface area contributed by atoms with Crippen molar-refractivity contribution < 1.29 is 9.59 Å². The van der Waals surface area contributed by atoms with Crippen LogP contribution in [0, 0.1) is 0 Å². The van der Waals surface area contributed by atoms with Crippen LogP contribution in [0.2, 0.25) is 10.0 Å². The molecule has 1 fully saturated rings. The summed E-state index contributed by atoms with van der Waals surface area (Å²) in [5, 5.41) is 2.92. The van der Waals surface area contributed by atoms with Gasteiger partial charge in [0, 0.05) is 12.1 Å². The SMILES string of the molecule is O=C1CC(SC(=S)Nc2ccccc2)C(=O)N1c1cccc(Cl)c1Cl. The molecule has 0 radical (unpaired) electrons. The van der Waals surface area contributed by atoms with E-state index in [-0.39, 0.29) is 28.3 Å². The van der Waals surface area contributed by atoms with Crippen LogP contribution in [-0.4, -0.2) is 21.4 Å². The van der Waals surface area contributed by atoms with Crippen LogP contribution in [0.15, 0.2) is 48.5 Å². The maximum Gasteiger partial charge on any atom is 0.247 e. The predicted octanol–water partition coefficient (Wildman–Crippen LogP) is 4.76. The molecule has 1 saturated heterocycles. The van der Waals surface area contributed by atoms with Crippen molar-refractivity contribution in [3.8, 4) is 0 Å². The first-order valence-electron chi connectivity index (χ1n) is 7.31. The molecule has 0 aliphatic carbocycles. The minimum atomic E-state index is -0.591. The summed E-state index contributed by atoms with van der Waals surface area (Å²) < 4.78 is 0.427. The molecule has 2 aromatic rings. The summed E-state index contributed by atoms with van der Waals surface area (Å²) in [5.74, 6) is -0.675. The Morgan fingerprint density at radius 3 is 2.56 bits per heavy atom. The van der Waals surface area contributed by atoms with Crippen LogP contribution >= 0.6 is 47.2 Å². The van der Waals surface area contributed by atoms with Gasteiger partial charge in [0.15, 0.2) is 0 Å². The van der Waals surface area contributed by atoms with Crippen molar-refractivity contribution >= 4 is 74.7 Å². The minimum Gasteiger partial charge on any atom is -0.341 e. The average Bonchev–Trinajstić information content (AvgIpc) is 2.85. The molecule has 4 nitrogen and oxygen atoms in total. The van der Waals surface area contributed by atoms with Gasteiger partial charge < -0.3 is 5.32 Å². The maximum atomic E-state index is 12.7. The second-order valence-electron chi connectivity index (χ2n) is 5.23. The normalized spacial score (nSPS) is 17.0. The molecule has 1 heterocycles. The largest absolute Gasteiger partial charge is 0.341 e. The summed E-state index contributed by atoms with van der Waals surface area (Å²) in [4.78, 5) is 26.1. The first kappa shape index (κ1) is 18.2. The first-order valence-corrected chi connectivity index (χ1v) is 9.35. The van der Waals surface area contributed by atoms with Crippen molar-refractivity contribution in [2.45, 2.75) is 11.7 Å². The van der Waals surface area contributed by atoms with Crippen LogP contribution in [0.5, 0.6) is 0 Å². The summed E-state index contributed by atoms with van der Waals surface area (Å²) in [6.45, 7) is 0. The van der Waals surface area contributed by atoms with E-state index in [9.17, 15) is 9.59 Å². The van der Waals surface area contributed by atoms with Gasteiger partial charge in [-0.1, -0.05) is 71.4 Å². The van der Waals surface area contributed by atoms with Crippen LogP contribution in [0.4, 0.5) is 11.4 Å². The van der Waals surface area contributed by atoms with Gasteiger partial charge in [0.1, 0.15) is 9.57 Å². The highest BCUT2D eigenvalue weighted by Gasteiger charge is 2.41. The molecule has 0 saturated carbocycles. The summed E-state index contributed by atoms with van der Waals surface area (Å²) in [6.07, 6.45) is 0.0585. The van der Waals surface area contributed by atoms with Gasteiger partial charge in [-0.05, 0) is 24.3 Å². The lowest BCUT2D eigenvalue weighted by Gasteiger charge is -2.17. The van der Waals surface area contributed by atoms with Crippen LogP contribution in [0.3, 0.4) is 0 Å². The lowest BCUT2D eigenvalue weighted by atomic mass is 10.3. The van der Waals surface area contributed by atoms with E-state index in [0.29, 0.717) is 10.0 Å². The molecule has 1 aliphatic heterocycles. The van der Waals surface area contributed by atoms with E-state index in [1.807, 2.05) is 30.3 Å². The monoisotopic (exact) mass is 410 g/mol. The Morgan fingerprint density at radius 1 is 1.12 bits per heavy atom. The van der Waals surface area contributed by atoms with Gasteiger partial charge in [0.2, 0.25) is 11.8 Å². The van der Waals surface area contributed by atoms with Gasteiger partial charge >= 0.3 is 0 Å². The van der Waals surface area contributed by atoms with Crippen LogP contribution in [0.1, 0.15) is 6.42 Å². The number of nitrogens with one attached hydrogen (secondary N) is 1. The highest BCUT2D eigenvalue weighted by atomic mass is 35.5. The first-order chi connectivity index (χ1) is 12.0. The van der Waals surface area contributed by atoms with Gasteiger partial charge in [0.05, 0.1) is 15.7 Å². The number of imide groups is 1. The topological polar surface area (TPSA) is 49.4 Å². The Kier molecular flexibility index (Phi) is 5.64. The van der Waals surface area contributed by atoms with E-state index in [1.165, 1.54) is 0 Å². The second-order valence-corrected chi connectivity index (χ2v) is 7.89. The molecule has 0 spiro atoms. The number of amides is 2. The number of thioether (sulfide) groups is 1. The third kappa shape index (κ3) is 3.98. The molecule has 1 unspecified atom stereocenters. The number of anilines is 2. The zero-order valence-electron chi connectivity index (χ0n) is 12.7. The third-order valence-corrected chi connectivity index (χ3v) is 5.72. The van der Waals surface area contributed by atoms with E-state index >= 15 is 0 Å². The average molecular weight is 411 g/mol. The number of hydrogen-bond acceptors (Lipinski definition) is 4. The Hall–Kier alpha value is -1.60. The van der Waals surface area contributed by atoms with Crippen molar-refractivity contribution in [3.05, 3.63) is 58.6 Å². The number of nitrogens with zero attached hydrogens (tertiary/aromatic N) is 1. The van der Waals surface area contributed by atoms with Crippen molar-refractivity contribution in [1.29, 1.82) is 0 Å². The molecule has 128 valence electrons. The highest BCUT2D eigenvalue weighted by molar-refractivity contribution is 8.24. The molecule has 1 N–H and O–H groups in total. The summed E-state index contributed by atoms with van der Waals surface area (Å²) in [7, 11) is 0. The van der Waals surface area contributed by atoms with Crippen molar-refractivity contribution in [1.82, 2.24) is 0 Å². The van der Waals surface area contributed by atoms with Gasteiger partial charge in [-0.3, -0.25) is 9.59 Å². The number of halogens is 2. The van der Waals surface area contributed by atoms with Crippen molar-refractivity contribution in [3.63, 3.8) is 0 Å². The van der Waals surface area contributed by atoms with Crippen molar-refractivity contribution in [2.24, 2.45) is 0 Å². The molecule has 1 atom stereocenters. The molecular weight excluding hydrogens is 399 g/mol. The lowest BCUT2D eigenvalue weighted by Crippen LogP contribution is -2.31. The van der Waals surface area contributed by atoms with E-state index in [0.717, 1.165) is 22.3 Å². The van der Waals surface area contributed by atoms with Gasteiger partial charge in [0.25, 0.3) is 0 Å². The Labute approximate surface area is 164 Å². The highest BCUT2D eigenvalue weighted by Crippen LogP contribution is 2.37. The molecule has 3 rings (SSSR count). The molecule has 0 bridgehead atoms.